The van der Waals surface area contributed by atoms with E-state index in [4.69, 9.17) is 9.47 Å². The fraction of sp³-hybridized carbons (Fsp3) is 0.824. The Kier molecular flexibility index (Phi) is 12.3. The van der Waals surface area contributed by atoms with Crippen molar-refractivity contribution in [3.8, 4) is 0 Å². The van der Waals surface area contributed by atoms with E-state index in [1.54, 1.807) is 6.92 Å². The molecule has 0 aliphatic rings. The minimum absolute atomic E-state index is 0.181. The van der Waals surface area contributed by atoms with Crippen LogP contribution in [0.5, 0.6) is 0 Å². The summed E-state index contributed by atoms with van der Waals surface area (Å²) in [6, 6.07) is 0. The summed E-state index contributed by atoms with van der Waals surface area (Å²) >= 11 is 0. The Balaban J connectivity index is 3.95. The van der Waals surface area contributed by atoms with Crippen LogP contribution < -0.4 is 16.0 Å². The summed E-state index contributed by atoms with van der Waals surface area (Å²) in [5, 5.41) is 9.00. The number of rotatable bonds is 10. The molecule has 0 aliphatic heterocycles. The van der Waals surface area contributed by atoms with Gasteiger partial charge in [0, 0.05) is 32.6 Å². The normalized spacial score (nSPS) is 11.6. The van der Waals surface area contributed by atoms with Crippen molar-refractivity contribution in [2.24, 2.45) is 4.99 Å². The zero-order valence-corrected chi connectivity index (χ0v) is 16.2. The topological polar surface area (TPSA) is 101 Å². The van der Waals surface area contributed by atoms with E-state index in [0.29, 0.717) is 51.5 Å². The molecule has 0 aromatic heterocycles. The average molecular weight is 358 g/mol. The van der Waals surface area contributed by atoms with Gasteiger partial charge in [0.25, 0.3) is 0 Å². The van der Waals surface area contributed by atoms with Crippen LogP contribution in [-0.2, 0) is 14.3 Å². The molecule has 0 aliphatic carbocycles. The molecule has 8 nitrogen and oxygen atoms in total. The maximum atomic E-state index is 11.5. The summed E-state index contributed by atoms with van der Waals surface area (Å²) in [5.41, 5.74) is -0.492. The molecule has 0 spiro atoms. The van der Waals surface area contributed by atoms with E-state index in [9.17, 15) is 9.59 Å². The van der Waals surface area contributed by atoms with E-state index in [1.165, 1.54) is 0 Å². The summed E-state index contributed by atoms with van der Waals surface area (Å²) in [7, 11) is 0. The number of amides is 1. The number of nitrogens with one attached hydrogen (secondary N) is 3. The van der Waals surface area contributed by atoms with Gasteiger partial charge in [-0.05, 0) is 47.5 Å². The van der Waals surface area contributed by atoms with Crippen molar-refractivity contribution in [1.29, 1.82) is 0 Å². The minimum atomic E-state index is -0.492. The van der Waals surface area contributed by atoms with Crippen molar-refractivity contribution in [1.82, 2.24) is 16.0 Å². The van der Waals surface area contributed by atoms with E-state index in [1.807, 2.05) is 27.7 Å². The second-order valence-electron chi connectivity index (χ2n) is 6.38. The van der Waals surface area contributed by atoms with E-state index >= 15 is 0 Å². The predicted octanol–water partition coefficient (Wildman–Crippen LogP) is 1.80. The Morgan fingerprint density at radius 1 is 1.00 bits per heavy atom. The molecule has 0 aromatic rings. The zero-order valence-electron chi connectivity index (χ0n) is 16.2. The van der Waals surface area contributed by atoms with Gasteiger partial charge >= 0.3 is 12.1 Å². The molecule has 25 heavy (non-hydrogen) atoms. The lowest BCUT2D eigenvalue weighted by molar-refractivity contribution is -0.143. The molecule has 146 valence electrons. The quantitative estimate of drug-likeness (QED) is 0.238. The van der Waals surface area contributed by atoms with Gasteiger partial charge in [0.05, 0.1) is 6.61 Å². The highest BCUT2D eigenvalue weighted by Gasteiger charge is 2.15. The van der Waals surface area contributed by atoms with Crippen LogP contribution in [0.4, 0.5) is 4.79 Å². The second kappa shape index (κ2) is 13.3. The molecule has 3 N–H and O–H groups in total. The monoisotopic (exact) mass is 358 g/mol. The first-order chi connectivity index (χ1) is 11.8. The Bertz CT molecular complexity index is 419. The van der Waals surface area contributed by atoms with Gasteiger partial charge < -0.3 is 25.4 Å². The maximum absolute atomic E-state index is 11.5. The maximum Gasteiger partial charge on any atom is 0.407 e. The van der Waals surface area contributed by atoms with Gasteiger partial charge in [-0.3, -0.25) is 9.79 Å². The Morgan fingerprint density at radius 2 is 1.68 bits per heavy atom. The summed E-state index contributed by atoms with van der Waals surface area (Å²) in [4.78, 5) is 27.2. The number of esters is 1. The first-order valence-corrected chi connectivity index (χ1v) is 8.93. The summed E-state index contributed by atoms with van der Waals surface area (Å²) in [5.74, 6) is 0.517. The largest absolute Gasteiger partial charge is 0.466 e. The zero-order chi connectivity index (χ0) is 19.1. The van der Waals surface area contributed by atoms with Gasteiger partial charge in [0.1, 0.15) is 5.60 Å². The number of alkyl carbamates (subject to hydrolysis) is 1. The van der Waals surface area contributed by atoms with Gasteiger partial charge in [-0.1, -0.05) is 0 Å². The number of hydrogen-bond acceptors (Lipinski definition) is 5. The summed E-state index contributed by atoms with van der Waals surface area (Å²) in [6.07, 6.45) is 1.36. The number of aliphatic imine (C=N–C) groups is 1. The highest BCUT2D eigenvalue weighted by molar-refractivity contribution is 5.79. The number of carbonyl (C=O) groups is 2. The van der Waals surface area contributed by atoms with Crippen molar-refractivity contribution in [3.63, 3.8) is 0 Å². The Morgan fingerprint density at radius 3 is 2.28 bits per heavy atom. The predicted molar refractivity (Wildman–Crippen MR) is 98.7 cm³/mol. The average Bonchev–Trinajstić information content (AvgIpc) is 2.49. The highest BCUT2D eigenvalue weighted by atomic mass is 16.6. The van der Waals surface area contributed by atoms with Crippen LogP contribution in [0.1, 0.15) is 53.9 Å². The Labute approximate surface area is 151 Å². The van der Waals surface area contributed by atoms with Crippen LogP contribution in [0.2, 0.25) is 0 Å². The van der Waals surface area contributed by atoms with Crippen molar-refractivity contribution < 1.29 is 19.1 Å². The van der Waals surface area contributed by atoms with Gasteiger partial charge in [-0.2, -0.15) is 0 Å². The second-order valence-corrected chi connectivity index (χ2v) is 6.38. The van der Waals surface area contributed by atoms with Crippen molar-refractivity contribution in [2.45, 2.75) is 59.5 Å². The molecule has 0 rings (SSSR count). The van der Waals surface area contributed by atoms with E-state index < -0.39 is 11.7 Å². The van der Waals surface area contributed by atoms with Crippen LogP contribution in [0, 0.1) is 0 Å². The molecule has 0 bridgehead atoms. The molecule has 0 saturated heterocycles. The SMILES string of the molecule is CCNC(=NCCCNC(=O)OC(C)(C)C)NCCCC(=O)OCC. The van der Waals surface area contributed by atoms with Gasteiger partial charge in [0.2, 0.25) is 0 Å². The van der Waals surface area contributed by atoms with Crippen molar-refractivity contribution >= 4 is 18.0 Å². The molecule has 0 fully saturated rings. The number of carbonyl (C=O) groups excluding carboxylic acids is 2. The van der Waals surface area contributed by atoms with Crippen LogP contribution in [0.3, 0.4) is 0 Å². The highest BCUT2D eigenvalue weighted by Crippen LogP contribution is 2.06. The molecular weight excluding hydrogens is 324 g/mol. The summed E-state index contributed by atoms with van der Waals surface area (Å²) < 4.78 is 10.0. The third-order valence-corrected chi connectivity index (χ3v) is 2.77. The van der Waals surface area contributed by atoms with Gasteiger partial charge in [-0.15, -0.1) is 0 Å². The molecule has 8 heteroatoms. The van der Waals surface area contributed by atoms with Crippen molar-refractivity contribution in [2.75, 3.05) is 32.8 Å². The van der Waals surface area contributed by atoms with Gasteiger partial charge in [-0.25, -0.2) is 4.79 Å². The van der Waals surface area contributed by atoms with Crippen LogP contribution in [0.25, 0.3) is 0 Å². The van der Waals surface area contributed by atoms with Gasteiger partial charge in [0.15, 0.2) is 5.96 Å². The van der Waals surface area contributed by atoms with Crippen LogP contribution in [-0.4, -0.2) is 56.4 Å². The van der Waals surface area contributed by atoms with Crippen LogP contribution >= 0.6 is 0 Å². The van der Waals surface area contributed by atoms with E-state index in [0.717, 1.165) is 6.54 Å². The standard InChI is InChI=1S/C17H34N4O4/c1-6-18-15(19-11-8-10-14(22)24-7-2)20-12-9-13-21-16(23)25-17(3,4)5/h6-13H2,1-5H3,(H,21,23)(H2,18,19,20). The van der Waals surface area contributed by atoms with E-state index in [2.05, 4.69) is 20.9 Å². The molecule has 1 amide bonds. The molecule has 0 aromatic carbocycles. The number of guanidine groups is 1. The number of ether oxygens (including phenoxy) is 2. The molecule has 0 radical (unpaired) electrons. The molecule has 0 unspecified atom stereocenters. The first kappa shape index (κ1) is 23.0. The third kappa shape index (κ3) is 15.3. The lowest BCUT2D eigenvalue weighted by atomic mass is 10.2. The molecule has 0 saturated carbocycles. The minimum Gasteiger partial charge on any atom is -0.466 e. The molecule has 0 atom stereocenters. The Hall–Kier alpha value is -1.99. The lowest BCUT2D eigenvalue weighted by Crippen LogP contribution is -2.38. The smallest absolute Gasteiger partial charge is 0.407 e. The first-order valence-electron chi connectivity index (χ1n) is 8.93. The fourth-order valence-corrected chi connectivity index (χ4v) is 1.79. The number of hydrogen-bond donors (Lipinski definition) is 3. The molecule has 0 heterocycles. The van der Waals surface area contributed by atoms with E-state index in [-0.39, 0.29) is 5.97 Å². The summed E-state index contributed by atoms with van der Waals surface area (Å²) in [6.45, 7) is 12.1. The van der Waals surface area contributed by atoms with Crippen molar-refractivity contribution in [3.05, 3.63) is 0 Å². The fourth-order valence-electron chi connectivity index (χ4n) is 1.79. The number of nitrogens with zero attached hydrogens (tertiary/aromatic N) is 1. The van der Waals surface area contributed by atoms with Crippen LogP contribution in [0.15, 0.2) is 4.99 Å². The lowest BCUT2D eigenvalue weighted by Gasteiger charge is -2.19. The third-order valence-electron chi connectivity index (χ3n) is 2.77. The molecular formula is C17H34N4O4.